The summed E-state index contributed by atoms with van der Waals surface area (Å²) in [6.45, 7) is 0. The number of aromatic hydroxyl groups is 1. The van der Waals surface area contributed by atoms with E-state index in [1.807, 2.05) is 0 Å². The monoisotopic (exact) mass is 368 g/mol. The Morgan fingerprint density at radius 3 is 2.50 bits per heavy atom. The van der Waals surface area contributed by atoms with E-state index in [4.69, 9.17) is 4.74 Å². The normalized spacial score (nSPS) is 10.9. The molecule has 0 heterocycles. The maximum absolute atomic E-state index is 13.5. The predicted octanol–water partition coefficient (Wildman–Crippen LogP) is 4.34. The minimum absolute atomic E-state index is 0.116. The summed E-state index contributed by atoms with van der Waals surface area (Å²) >= 11 is 3.26. The molecule has 0 unspecified atom stereocenters. The van der Waals surface area contributed by atoms with Crippen LogP contribution >= 0.6 is 15.9 Å². The Morgan fingerprint density at radius 2 is 1.91 bits per heavy atom. The van der Waals surface area contributed by atoms with Crippen LogP contribution in [-0.4, -0.2) is 18.0 Å². The number of carbonyl (C=O) groups excluding carboxylic acids is 1. The van der Waals surface area contributed by atoms with Crippen molar-refractivity contribution in [3.8, 4) is 11.5 Å². The van der Waals surface area contributed by atoms with Crippen molar-refractivity contribution in [2.24, 2.45) is 0 Å². The largest absolute Gasteiger partial charge is 0.504 e. The van der Waals surface area contributed by atoms with Crippen LogP contribution in [0.5, 0.6) is 11.5 Å². The van der Waals surface area contributed by atoms with E-state index >= 15 is 0 Å². The maximum Gasteiger partial charge on any atom is 0.191 e. The van der Waals surface area contributed by atoms with E-state index in [-0.39, 0.29) is 11.5 Å². The summed E-state index contributed by atoms with van der Waals surface area (Å²) in [5.74, 6) is -2.51. The molecule has 2 aromatic rings. The van der Waals surface area contributed by atoms with E-state index in [0.717, 1.165) is 18.2 Å². The number of allylic oxidation sites excluding steroid dienone is 1. The smallest absolute Gasteiger partial charge is 0.191 e. The van der Waals surface area contributed by atoms with Gasteiger partial charge in [0.15, 0.2) is 17.3 Å². The highest BCUT2D eigenvalue weighted by atomic mass is 79.9. The highest BCUT2D eigenvalue weighted by Gasteiger charge is 2.14. The zero-order valence-electron chi connectivity index (χ0n) is 11.4. The number of benzene rings is 2. The van der Waals surface area contributed by atoms with Gasteiger partial charge in [-0.25, -0.2) is 8.78 Å². The van der Waals surface area contributed by atoms with E-state index in [9.17, 15) is 18.7 Å². The average Bonchev–Trinajstić information content (AvgIpc) is 2.47. The van der Waals surface area contributed by atoms with Crippen LogP contribution in [-0.2, 0) is 0 Å². The molecule has 0 aliphatic carbocycles. The van der Waals surface area contributed by atoms with Gasteiger partial charge in [-0.05, 0) is 42.0 Å². The molecule has 0 radical (unpaired) electrons. The lowest BCUT2D eigenvalue weighted by molar-refractivity contribution is 0.104. The zero-order chi connectivity index (χ0) is 16.3. The molecule has 22 heavy (non-hydrogen) atoms. The van der Waals surface area contributed by atoms with E-state index in [2.05, 4.69) is 15.9 Å². The van der Waals surface area contributed by atoms with Crippen LogP contribution in [0.1, 0.15) is 15.9 Å². The minimum atomic E-state index is -0.925. The van der Waals surface area contributed by atoms with Crippen LogP contribution in [0, 0.1) is 11.6 Å². The number of hydrogen-bond acceptors (Lipinski definition) is 3. The van der Waals surface area contributed by atoms with E-state index in [1.165, 1.54) is 31.4 Å². The molecule has 0 amide bonds. The summed E-state index contributed by atoms with van der Waals surface area (Å²) in [4.78, 5) is 11.9. The van der Waals surface area contributed by atoms with Crippen LogP contribution in [0.2, 0.25) is 0 Å². The molecule has 0 bridgehead atoms. The summed E-state index contributed by atoms with van der Waals surface area (Å²) in [6.07, 6.45) is 2.38. The number of carbonyl (C=O) groups is 1. The van der Waals surface area contributed by atoms with Crippen LogP contribution < -0.4 is 4.74 Å². The van der Waals surface area contributed by atoms with Crippen molar-refractivity contribution in [1.82, 2.24) is 0 Å². The Labute approximate surface area is 134 Å². The quantitative estimate of drug-likeness (QED) is 0.644. The molecule has 0 aromatic heterocycles. The van der Waals surface area contributed by atoms with Gasteiger partial charge in [0.25, 0.3) is 0 Å². The van der Waals surface area contributed by atoms with Crippen molar-refractivity contribution in [3.05, 3.63) is 63.6 Å². The number of halogens is 3. The molecule has 0 saturated heterocycles. The third-order valence-corrected chi connectivity index (χ3v) is 3.61. The number of phenols is 1. The van der Waals surface area contributed by atoms with Crippen molar-refractivity contribution < 1.29 is 23.4 Å². The minimum Gasteiger partial charge on any atom is -0.504 e. The van der Waals surface area contributed by atoms with Gasteiger partial charge < -0.3 is 9.84 Å². The van der Waals surface area contributed by atoms with Crippen LogP contribution in [0.15, 0.2) is 40.9 Å². The number of methoxy groups -OCH3 is 1. The Hall–Kier alpha value is -2.21. The lowest BCUT2D eigenvalue weighted by Gasteiger charge is -2.06. The molecule has 0 aliphatic heterocycles. The molecule has 0 saturated carbocycles. The van der Waals surface area contributed by atoms with Gasteiger partial charge in [-0.1, -0.05) is 22.0 Å². The molecule has 2 aromatic carbocycles. The van der Waals surface area contributed by atoms with Crippen molar-refractivity contribution >= 4 is 27.8 Å². The lowest BCUT2D eigenvalue weighted by atomic mass is 10.1. The third-order valence-electron chi connectivity index (χ3n) is 2.92. The third kappa shape index (κ3) is 3.33. The zero-order valence-corrected chi connectivity index (χ0v) is 13.0. The Morgan fingerprint density at radius 1 is 1.27 bits per heavy atom. The standard InChI is InChI=1S/C16H11BrF2O3/c1-22-15-8-10(17)9(7-14(15)21)5-6-13(20)16-11(18)3-2-4-12(16)19/h2-8,21H,1H3/b6-5+. The molecule has 0 aliphatic rings. The Balaban J connectivity index is 2.33. The van der Waals surface area contributed by atoms with Crippen molar-refractivity contribution in [2.45, 2.75) is 0 Å². The van der Waals surface area contributed by atoms with E-state index in [1.54, 1.807) is 0 Å². The molecular formula is C16H11BrF2O3. The molecule has 1 N–H and O–H groups in total. The number of phenolic OH excluding ortho intramolecular Hbond substituents is 1. The van der Waals surface area contributed by atoms with Gasteiger partial charge in [0, 0.05) is 4.47 Å². The van der Waals surface area contributed by atoms with Gasteiger partial charge in [-0.15, -0.1) is 0 Å². The number of ketones is 1. The van der Waals surface area contributed by atoms with Gasteiger partial charge in [-0.3, -0.25) is 4.79 Å². The molecule has 6 heteroatoms. The van der Waals surface area contributed by atoms with Gasteiger partial charge in [0.05, 0.1) is 12.7 Å². The molecule has 0 spiro atoms. The summed E-state index contributed by atoms with van der Waals surface area (Å²) < 4.78 is 32.5. The molecule has 114 valence electrons. The maximum atomic E-state index is 13.5. The van der Waals surface area contributed by atoms with Gasteiger partial charge in [-0.2, -0.15) is 0 Å². The predicted molar refractivity (Wildman–Crippen MR) is 82.1 cm³/mol. The summed E-state index contributed by atoms with van der Waals surface area (Å²) in [7, 11) is 1.40. The Kier molecular flexibility index (Phi) is 4.92. The second kappa shape index (κ2) is 6.70. The highest BCUT2D eigenvalue weighted by molar-refractivity contribution is 9.10. The lowest BCUT2D eigenvalue weighted by Crippen LogP contribution is -2.02. The molecule has 3 nitrogen and oxygen atoms in total. The van der Waals surface area contributed by atoms with Crippen LogP contribution in [0.25, 0.3) is 6.08 Å². The van der Waals surface area contributed by atoms with Crippen molar-refractivity contribution in [2.75, 3.05) is 7.11 Å². The molecule has 0 atom stereocenters. The fourth-order valence-electron chi connectivity index (χ4n) is 1.83. The van der Waals surface area contributed by atoms with E-state index in [0.29, 0.717) is 10.0 Å². The summed E-state index contributed by atoms with van der Waals surface area (Å²) in [5.41, 5.74) is -0.156. The summed E-state index contributed by atoms with van der Waals surface area (Å²) in [5, 5.41) is 9.70. The van der Waals surface area contributed by atoms with Gasteiger partial charge >= 0.3 is 0 Å². The van der Waals surface area contributed by atoms with Crippen molar-refractivity contribution in [3.63, 3.8) is 0 Å². The van der Waals surface area contributed by atoms with Crippen molar-refractivity contribution in [1.29, 1.82) is 0 Å². The van der Waals surface area contributed by atoms with Gasteiger partial charge in [0.2, 0.25) is 0 Å². The fourth-order valence-corrected chi connectivity index (χ4v) is 2.29. The Bertz CT molecular complexity index is 737. The highest BCUT2D eigenvalue weighted by Crippen LogP contribution is 2.33. The van der Waals surface area contributed by atoms with Crippen LogP contribution in [0.3, 0.4) is 0 Å². The number of ether oxygens (including phenoxy) is 1. The topological polar surface area (TPSA) is 46.5 Å². The number of hydrogen-bond donors (Lipinski definition) is 1. The summed E-state index contributed by atoms with van der Waals surface area (Å²) in [6, 6.07) is 6.09. The molecule has 0 fully saturated rings. The number of rotatable bonds is 4. The first-order chi connectivity index (χ1) is 10.4. The first-order valence-corrected chi connectivity index (χ1v) is 6.96. The second-order valence-electron chi connectivity index (χ2n) is 4.34. The SMILES string of the molecule is COc1cc(Br)c(/C=C/C(=O)c2c(F)cccc2F)cc1O. The van der Waals surface area contributed by atoms with Crippen LogP contribution in [0.4, 0.5) is 8.78 Å². The molecule has 2 rings (SSSR count). The van der Waals surface area contributed by atoms with Gasteiger partial charge in [0.1, 0.15) is 11.6 Å². The average molecular weight is 369 g/mol. The fraction of sp³-hybridized carbons (Fsp3) is 0.0625. The second-order valence-corrected chi connectivity index (χ2v) is 5.19. The molecular weight excluding hydrogens is 358 g/mol. The first-order valence-electron chi connectivity index (χ1n) is 6.17. The first kappa shape index (κ1) is 16.2. The van der Waals surface area contributed by atoms with E-state index < -0.39 is 23.0 Å².